The van der Waals surface area contributed by atoms with Gasteiger partial charge in [-0.1, -0.05) is 50.6 Å². The van der Waals surface area contributed by atoms with Crippen molar-refractivity contribution in [3.63, 3.8) is 0 Å². The number of halogens is 2. The van der Waals surface area contributed by atoms with Gasteiger partial charge in [0.25, 0.3) is 5.91 Å². The molecule has 2 N–H and O–H groups in total. The number of hydrogen-bond acceptors (Lipinski definition) is 4. The molecule has 0 aliphatic rings. The summed E-state index contributed by atoms with van der Waals surface area (Å²) in [6, 6.07) is 13.5. The second-order valence-corrected chi connectivity index (χ2v) is 8.59. The number of ether oxygens (including phenoxy) is 1. The Hall–Kier alpha value is -3.26. The summed E-state index contributed by atoms with van der Waals surface area (Å²) < 4.78 is 30.5. The van der Waals surface area contributed by atoms with Crippen molar-refractivity contribution in [2.24, 2.45) is 0 Å². The SMILES string of the molecule is Cc1ccc(-n2cc(C(=O)NC[C@@H](O)c3ccc(OC(F)F)cc3)c(C(C)(C)C)n2)cc1. The molecular weight excluding hydrogens is 416 g/mol. The van der Waals surface area contributed by atoms with E-state index in [-0.39, 0.29) is 23.6 Å². The smallest absolute Gasteiger partial charge is 0.387 e. The van der Waals surface area contributed by atoms with Crippen molar-refractivity contribution in [1.82, 2.24) is 15.1 Å². The Kier molecular flexibility index (Phi) is 6.93. The van der Waals surface area contributed by atoms with Crippen molar-refractivity contribution in [3.05, 3.63) is 77.1 Å². The lowest BCUT2D eigenvalue weighted by molar-refractivity contribution is -0.0498. The Balaban J connectivity index is 1.74. The van der Waals surface area contributed by atoms with Crippen molar-refractivity contribution in [2.45, 2.75) is 45.8 Å². The highest BCUT2D eigenvalue weighted by Crippen LogP contribution is 2.26. The van der Waals surface area contributed by atoms with Crippen LogP contribution in [0.25, 0.3) is 5.69 Å². The zero-order valence-electron chi connectivity index (χ0n) is 18.5. The van der Waals surface area contributed by atoms with E-state index in [0.717, 1.165) is 11.3 Å². The van der Waals surface area contributed by atoms with Gasteiger partial charge in [0, 0.05) is 18.2 Å². The van der Waals surface area contributed by atoms with Crippen LogP contribution in [0.4, 0.5) is 8.78 Å². The number of nitrogens with one attached hydrogen (secondary N) is 1. The monoisotopic (exact) mass is 443 g/mol. The van der Waals surface area contributed by atoms with Gasteiger partial charge in [0.05, 0.1) is 23.0 Å². The molecule has 0 aliphatic heterocycles. The van der Waals surface area contributed by atoms with E-state index in [1.165, 1.54) is 24.3 Å². The van der Waals surface area contributed by atoms with Gasteiger partial charge in [-0.3, -0.25) is 4.79 Å². The lowest BCUT2D eigenvalue weighted by Crippen LogP contribution is -2.30. The van der Waals surface area contributed by atoms with Crippen LogP contribution >= 0.6 is 0 Å². The van der Waals surface area contributed by atoms with E-state index in [0.29, 0.717) is 16.8 Å². The molecule has 8 heteroatoms. The second kappa shape index (κ2) is 9.48. The maximum atomic E-state index is 12.9. The molecule has 0 fully saturated rings. The number of amides is 1. The molecule has 3 rings (SSSR count). The number of aliphatic hydroxyl groups excluding tert-OH is 1. The van der Waals surface area contributed by atoms with Crippen LogP contribution in [0.15, 0.2) is 54.7 Å². The lowest BCUT2D eigenvalue weighted by atomic mass is 9.89. The average molecular weight is 443 g/mol. The first-order valence-electron chi connectivity index (χ1n) is 10.2. The number of carbonyl (C=O) groups excluding carboxylic acids is 1. The van der Waals surface area contributed by atoms with Crippen LogP contribution in [0.3, 0.4) is 0 Å². The molecule has 2 aromatic carbocycles. The maximum Gasteiger partial charge on any atom is 0.387 e. The van der Waals surface area contributed by atoms with Gasteiger partial charge in [0.15, 0.2) is 0 Å². The van der Waals surface area contributed by atoms with Crippen LogP contribution in [0, 0.1) is 6.92 Å². The van der Waals surface area contributed by atoms with Crippen LogP contribution in [0.1, 0.15) is 54.1 Å². The molecule has 0 aliphatic carbocycles. The van der Waals surface area contributed by atoms with Crippen LogP contribution in [0.5, 0.6) is 5.75 Å². The summed E-state index contributed by atoms with van der Waals surface area (Å²) in [6.07, 6.45) is 0.675. The number of aliphatic hydroxyl groups is 1. The predicted octanol–water partition coefficient (Wildman–Crippen LogP) is 4.54. The third kappa shape index (κ3) is 5.70. The summed E-state index contributed by atoms with van der Waals surface area (Å²) in [6.45, 7) is 4.96. The molecule has 3 aromatic rings. The van der Waals surface area contributed by atoms with Crippen LogP contribution in [-0.4, -0.2) is 34.0 Å². The molecule has 1 amide bonds. The fraction of sp³-hybridized carbons (Fsp3) is 0.333. The molecule has 0 saturated heterocycles. The number of aromatic nitrogens is 2. The quantitative estimate of drug-likeness (QED) is 0.562. The number of aryl methyl sites for hydroxylation is 1. The number of carbonyl (C=O) groups is 1. The van der Waals surface area contributed by atoms with Crippen molar-refractivity contribution in [1.29, 1.82) is 0 Å². The van der Waals surface area contributed by atoms with E-state index in [1.54, 1.807) is 10.9 Å². The highest BCUT2D eigenvalue weighted by atomic mass is 19.3. The summed E-state index contributed by atoms with van der Waals surface area (Å²) in [5.74, 6) is -0.358. The highest BCUT2D eigenvalue weighted by molar-refractivity contribution is 5.95. The molecule has 1 atom stereocenters. The first-order chi connectivity index (χ1) is 15.0. The third-order valence-corrected chi connectivity index (χ3v) is 4.91. The molecule has 6 nitrogen and oxygen atoms in total. The van der Waals surface area contributed by atoms with E-state index < -0.39 is 12.7 Å². The Morgan fingerprint density at radius 2 is 1.75 bits per heavy atom. The van der Waals surface area contributed by atoms with E-state index in [1.807, 2.05) is 52.0 Å². The Morgan fingerprint density at radius 1 is 1.12 bits per heavy atom. The fourth-order valence-corrected chi connectivity index (χ4v) is 3.20. The lowest BCUT2D eigenvalue weighted by Gasteiger charge is -2.18. The molecule has 0 saturated carbocycles. The Morgan fingerprint density at radius 3 is 2.31 bits per heavy atom. The summed E-state index contributed by atoms with van der Waals surface area (Å²) in [5, 5.41) is 17.8. The number of alkyl halides is 2. The summed E-state index contributed by atoms with van der Waals surface area (Å²) in [4.78, 5) is 12.9. The molecule has 1 aromatic heterocycles. The van der Waals surface area contributed by atoms with E-state index >= 15 is 0 Å². The molecule has 0 radical (unpaired) electrons. The topological polar surface area (TPSA) is 76.4 Å². The number of nitrogens with zero attached hydrogens (tertiary/aromatic N) is 2. The zero-order chi connectivity index (χ0) is 23.5. The van der Waals surface area contributed by atoms with E-state index in [4.69, 9.17) is 0 Å². The minimum atomic E-state index is -2.91. The molecule has 0 unspecified atom stereocenters. The first kappa shape index (κ1) is 23.4. The van der Waals surface area contributed by atoms with Gasteiger partial charge in [0.1, 0.15) is 5.75 Å². The third-order valence-electron chi connectivity index (χ3n) is 4.91. The van der Waals surface area contributed by atoms with Crippen molar-refractivity contribution >= 4 is 5.91 Å². The van der Waals surface area contributed by atoms with Gasteiger partial charge in [-0.05, 0) is 36.8 Å². The van der Waals surface area contributed by atoms with Gasteiger partial charge in [-0.15, -0.1) is 0 Å². The largest absolute Gasteiger partial charge is 0.435 e. The van der Waals surface area contributed by atoms with Gasteiger partial charge >= 0.3 is 6.61 Å². The summed E-state index contributed by atoms with van der Waals surface area (Å²) >= 11 is 0. The van der Waals surface area contributed by atoms with Crippen LogP contribution in [-0.2, 0) is 5.41 Å². The normalized spacial score (nSPS) is 12.6. The maximum absolute atomic E-state index is 12.9. The summed E-state index contributed by atoms with van der Waals surface area (Å²) in [7, 11) is 0. The molecular formula is C24H27F2N3O3. The van der Waals surface area contributed by atoms with Crippen LogP contribution < -0.4 is 10.1 Å². The van der Waals surface area contributed by atoms with Crippen molar-refractivity contribution < 1.29 is 23.4 Å². The molecule has 170 valence electrons. The molecule has 32 heavy (non-hydrogen) atoms. The van der Waals surface area contributed by atoms with Gasteiger partial charge in [-0.25, -0.2) is 4.68 Å². The van der Waals surface area contributed by atoms with Gasteiger partial charge in [-0.2, -0.15) is 13.9 Å². The fourth-order valence-electron chi connectivity index (χ4n) is 3.20. The molecule has 0 spiro atoms. The van der Waals surface area contributed by atoms with Gasteiger partial charge < -0.3 is 15.2 Å². The standard InChI is InChI=1S/C24H27F2N3O3/c1-15-5-9-17(10-6-15)29-14-19(21(28-29)24(2,3)4)22(31)27-13-20(30)16-7-11-18(12-8-16)32-23(25)26/h5-12,14,20,23,30H,13H2,1-4H3,(H,27,31)/t20-/m1/s1. The average Bonchev–Trinajstić information content (AvgIpc) is 3.18. The minimum Gasteiger partial charge on any atom is -0.435 e. The Labute approximate surface area is 185 Å². The zero-order valence-corrected chi connectivity index (χ0v) is 18.5. The number of hydrogen-bond donors (Lipinski definition) is 2. The van der Waals surface area contributed by atoms with Crippen molar-refractivity contribution in [3.8, 4) is 11.4 Å². The van der Waals surface area contributed by atoms with Crippen molar-refractivity contribution in [2.75, 3.05) is 6.54 Å². The number of benzene rings is 2. The molecule has 0 bridgehead atoms. The van der Waals surface area contributed by atoms with Crippen LogP contribution in [0.2, 0.25) is 0 Å². The number of rotatable bonds is 7. The minimum absolute atomic E-state index is 0.00155. The first-order valence-corrected chi connectivity index (χ1v) is 10.2. The van der Waals surface area contributed by atoms with E-state index in [9.17, 15) is 18.7 Å². The Bertz CT molecular complexity index is 1060. The van der Waals surface area contributed by atoms with E-state index in [2.05, 4.69) is 15.2 Å². The second-order valence-electron chi connectivity index (χ2n) is 8.59. The van der Waals surface area contributed by atoms with Gasteiger partial charge in [0.2, 0.25) is 0 Å². The predicted molar refractivity (Wildman–Crippen MR) is 117 cm³/mol. The highest BCUT2D eigenvalue weighted by Gasteiger charge is 2.27. The summed E-state index contributed by atoms with van der Waals surface area (Å²) in [5.41, 5.74) is 3.12. The molecule has 1 heterocycles.